The largest absolute Gasteiger partial charge is 1.00 e. The minimum Gasteiger partial charge on any atom is -1.00 e. The maximum Gasteiger partial charge on any atom is -0.0134 e. The predicted octanol–water partition coefficient (Wildman–Crippen LogP) is 0.449. The van der Waals surface area contributed by atoms with Crippen LogP contribution in [-0.4, -0.2) is 0 Å². The zero-order valence-corrected chi connectivity index (χ0v) is 12.6. The van der Waals surface area contributed by atoms with Gasteiger partial charge in [0.25, 0.3) is 0 Å². The standard InChI is InChI=1S/C18H15P.ClH/c1-4-10-16(11-5-1)19(17-12-6-2-7-13-17)18-14-8-3-9-15-18;/h1-15H;1H/p-1. The van der Waals surface area contributed by atoms with E-state index < -0.39 is 7.92 Å². The first-order chi connectivity index (χ1) is 9.45. The Balaban J connectivity index is 0.00000147. The second kappa shape index (κ2) is 7.24. The van der Waals surface area contributed by atoms with E-state index in [4.69, 9.17) is 0 Å². The van der Waals surface area contributed by atoms with Gasteiger partial charge in [-0.25, -0.2) is 0 Å². The Bertz CT molecular complexity index is 529. The third-order valence-corrected chi connectivity index (χ3v) is 5.49. The summed E-state index contributed by atoms with van der Waals surface area (Å²) in [5.74, 6) is 0. The third kappa shape index (κ3) is 3.28. The predicted molar refractivity (Wildman–Crippen MR) is 85.1 cm³/mol. The molecule has 0 nitrogen and oxygen atoms in total. The van der Waals surface area contributed by atoms with Gasteiger partial charge in [0.15, 0.2) is 0 Å². The molecule has 0 saturated carbocycles. The van der Waals surface area contributed by atoms with E-state index >= 15 is 0 Å². The van der Waals surface area contributed by atoms with Gasteiger partial charge in [0.05, 0.1) is 0 Å². The van der Waals surface area contributed by atoms with E-state index in [9.17, 15) is 0 Å². The molecule has 0 fully saturated rings. The van der Waals surface area contributed by atoms with Crippen LogP contribution in [0.5, 0.6) is 0 Å². The maximum absolute atomic E-state index is 2.23. The molecule has 3 rings (SSSR count). The number of halogens is 1. The average molecular weight is 298 g/mol. The van der Waals surface area contributed by atoms with Crippen molar-refractivity contribution in [3.63, 3.8) is 0 Å². The first kappa shape index (κ1) is 14.8. The van der Waals surface area contributed by atoms with Crippen molar-refractivity contribution in [3.05, 3.63) is 91.0 Å². The lowest BCUT2D eigenvalue weighted by atomic mass is 10.4. The van der Waals surface area contributed by atoms with Crippen molar-refractivity contribution in [2.75, 3.05) is 0 Å². The van der Waals surface area contributed by atoms with Crippen LogP contribution in [0.4, 0.5) is 0 Å². The molecule has 0 aliphatic heterocycles. The van der Waals surface area contributed by atoms with Gasteiger partial charge >= 0.3 is 0 Å². The van der Waals surface area contributed by atoms with Gasteiger partial charge in [-0.05, 0) is 23.8 Å². The number of benzene rings is 3. The SMILES string of the molecule is [Cl-].c1ccc(P(c2ccccc2)c2ccccc2)cc1. The zero-order chi connectivity index (χ0) is 12.9. The van der Waals surface area contributed by atoms with E-state index in [-0.39, 0.29) is 12.4 Å². The highest BCUT2D eigenvalue weighted by Crippen LogP contribution is 2.32. The number of hydrogen-bond acceptors (Lipinski definition) is 0. The molecular formula is C18H15ClP-. The number of hydrogen-bond donors (Lipinski definition) is 0. The number of rotatable bonds is 3. The third-order valence-electron chi connectivity index (χ3n) is 3.04. The zero-order valence-electron chi connectivity index (χ0n) is 11.0. The van der Waals surface area contributed by atoms with Crippen LogP contribution < -0.4 is 28.3 Å². The second-order valence-corrected chi connectivity index (χ2v) is 6.56. The fourth-order valence-corrected chi connectivity index (χ4v) is 4.48. The van der Waals surface area contributed by atoms with E-state index in [0.717, 1.165) is 0 Å². The first-order valence-electron chi connectivity index (χ1n) is 6.40. The van der Waals surface area contributed by atoms with Crippen LogP contribution in [0.25, 0.3) is 0 Å². The highest BCUT2D eigenvalue weighted by atomic mass is 35.5. The van der Waals surface area contributed by atoms with Crippen molar-refractivity contribution >= 4 is 23.8 Å². The Hall–Kier alpha value is -1.62. The maximum atomic E-state index is 2.23. The Morgan fingerprint density at radius 3 is 0.900 bits per heavy atom. The van der Waals surface area contributed by atoms with Crippen LogP contribution in [0.1, 0.15) is 0 Å². The Morgan fingerprint density at radius 2 is 0.650 bits per heavy atom. The Morgan fingerprint density at radius 1 is 0.400 bits per heavy atom. The molecule has 0 unspecified atom stereocenters. The normalized spacial score (nSPS) is 10.1. The monoisotopic (exact) mass is 297 g/mol. The molecule has 0 spiro atoms. The highest BCUT2D eigenvalue weighted by Gasteiger charge is 2.14. The smallest absolute Gasteiger partial charge is 0.0134 e. The Labute approximate surface area is 127 Å². The van der Waals surface area contributed by atoms with Crippen molar-refractivity contribution in [3.8, 4) is 0 Å². The molecule has 0 aromatic heterocycles. The molecular weight excluding hydrogens is 283 g/mol. The molecule has 0 N–H and O–H groups in total. The van der Waals surface area contributed by atoms with Crippen molar-refractivity contribution in [1.29, 1.82) is 0 Å². The lowest BCUT2D eigenvalue weighted by Crippen LogP contribution is -3.00. The van der Waals surface area contributed by atoms with Crippen molar-refractivity contribution in [2.45, 2.75) is 0 Å². The fourth-order valence-electron chi connectivity index (χ4n) is 2.18. The van der Waals surface area contributed by atoms with Gasteiger partial charge in [-0.2, -0.15) is 0 Å². The van der Waals surface area contributed by atoms with E-state index in [1.807, 2.05) is 0 Å². The summed E-state index contributed by atoms with van der Waals surface area (Å²) in [7, 11) is -0.446. The average Bonchev–Trinajstić information content (AvgIpc) is 2.51. The molecule has 0 amide bonds. The summed E-state index contributed by atoms with van der Waals surface area (Å²) in [6.07, 6.45) is 0. The lowest BCUT2D eigenvalue weighted by molar-refractivity contribution is -0.00000358. The molecule has 0 radical (unpaired) electrons. The fraction of sp³-hybridized carbons (Fsp3) is 0. The summed E-state index contributed by atoms with van der Waals surface area (Å²) in [4.78, 5) is 0. The molecule has 0 bridgehead atoms. The van der Waals surface area contributed by atoms with Gasteiger partial charge in [0.1, 0.15) is 0 Å². The molecule has 3 aromatic rings. The van der Waals surface area contributed by atoms with Crippen molar-refractivity contribution in [1.82, 2.24) is 0 Å². The summed E-state index contributed by atoms with van der Waals surface area (Å²) in [6.45, 7) is 0. The Kier molecular flexibility index (Phi) is 5.35. The van der Waals surface area contributed by atoms with Crippen LogP contribution in [0.2, 0.25) is 0 Å². The van der Waals surface area contributed by atoms with Crippen LogP contribution in [0.3, 0.4) is 0 Å². The molecule has 0 saturated heterocycles. The van der Waals surface area contributed by atoms with Gasteiger partial charge in [-0.1, -0.05) is 91.0 Å². The topological polar surface area (TPSA) is 0 Å². The van der Waals surface area contributed by atoms with Crippen LogP contribution >= 0.6 is 7.92 Å². The molecule has 3 aromatic carbocycles. The van der Waals surface area contributed by atoms with E-state index in [1.165, 1.54) is 15.9 Å². The molecule has 100 valence electrons. The summed E-state index contributed by atoms with van der Waals surface area (Å²) < 4.78 is 0. The van der Waals surface area contributed by atoms with E-state index in [2.05, 4.69) is 91.0 Å². The van der Waals surface area contributed by atoms with Crippen molar-refractivity contribution in [2.24, 2.45) is 0 Å². The van der Waals surface area contributed by atoms with E-state index in [1.54, 1.807) is 0 Å². The first-order valence-corrected chi connectivity index (χ1v) is 7.74. The molecule has 0 aliphatic rings. The van der Waals surface area contributed by atoms with Gasteiger partial charge in [0.2, 0.25) is 0 Å². The summed E-state index contributed by atoms with van der Waals surface area (Å²) in [5.41, 5.74) is 0. The summed E-state index contributed by atoms with van der Waals surface area (Å²) in [6, 6.07) is 32.3. The quantitative estimate of drug-likeness (QED) is 0.616. The lowest BCUT2D eigenvalue weighted by Gasteiger charge is -2.18. The molecule has 2 heteroatoms. The molecule has 0 heterocycles. The van der Waals surface area contributed by atoms with Gasteiger partial charge in [-0.3, -0.25) is 0 Å². The second-order valence-electron chi connectivity index (χ2n) is 4.34. The minimum atomic E-state index is -0.446. The van der Waals surface area contributed by atoms with E-state index in [0.29, 0.717) is 0 Å². The molecule has 20 heavy (non-hydrogen) atoms. The van der Waals surface area contributed by atoms with Crippen molar-refractivity contribution < 1.29 is 12.4 Å². The van der Waals surface area contributed by atoms with Crippen LogP contribution in [0, 0.1) is 0 Å². The van der Waals surface area contributed by atoms with Gasteiger partial charge < -0.3 is 12.4 Å². The van der Waals surface area contributed by atoms with Crippen LogP contribution in [0.15, 0.2) is 91.0 Å². The molecule has 0 atom stereocenters. The highest BCUT2D eigenvalue weighted by molar-refractivity contribution is 7.79. The minimum absolute atomic E-state index is 0. The van der Waals surface area contributed by atoms with Crippen LogP contribution in [-0.2, 0) is 0 Å². The summed E-state index contributed by atoms with van der Waals surface area (Å²) in [5, 5.41) is 4.19. The summed E-state index contributed by atoms with van der Waals surface area (Å²) >= 11 is 0. The van der Waals surface area contributed by atoms with Gasteiger partial charge in [-0.15, -0.1) is 0 Å². The van der Waals surface area contributed by atoms with Gasteiger partial charge in [0, 0.05) is 0 Å². The molecule has 0 aliphatic carbocycles.